The number of hydrogen-bond donors (Lipinski definition) is 1. The van der Waals surface area contributed by atoms with Crippen LogP contribution < -0.4 is 10.6 Å². The average molecular weight is 271 g/mol. The summed E-state index contributed by atoms with van der Waals surface area (Å²) in [7, 11) is 0. The summed E-state index contributed by atoms with van der Waals surface area (Å²) in [5.41, 5.74) is 7.36. The van der Waals surface area contributed by atoms with Crippen LogP contribution in [0.2, 0.25) is 0 Å². The number of amides is 1. The van der Waals surface area contributed by atoms with Crippen molar-refractivity contribution >= 4 is 27.5 Å². The van der Waals surface area contributed by atoms with Gasteiger partial charge in [-0.15, -0.1) is 0 Å². The molecule has 0 radical (unpaired) electrons. The molecule has 0 atom stereocenters. The summed E-state index contributed by atoms with van der Waals surface area (Å²) in [5.74, 6) is -0.0528. The van der Waals surface area contributed by atoms with Gasteiger partial charge in [0, 0.05) is 16.7 Å². The van der Waals surface area contributed by atoms with Crippen molar-refractivity contribution in [3.05, 3.63) is 28.2 Å². The van der Waals surface area contributed by atoms with E-state index in [1.807, 2.05) is 32.0 Å². The number of carbonyl (C=O) groups excluding carboxylic acids is 1. The zero-order chi connectivity index (χ0) is 11.4. The Kier molecular flexibility index (Phi) is 4.29. The normalized spacial score (nSPS) is 10.1. The van der Waals surface area contributed by atoms with Gasteiger partial charge in [0.1, 0.15) is 0 Å². The van der Waals surface area contributed by atoms with Crippen molar-refractivity contribution in [3.63, 3.8) is 0 Å². The Hall–Kier alpha value is -0.870. The van der Waals surface area contributed by atoms with E-state index in [9.17, 15) is 4.79 Å². The molecule has 2 N–H and O–H groups in total. The number of halogens is 1. The number of likely N-dealkylation sites (N-methyl/N-ethyl adjacent to an activating group) is 1. The third-order valence-corrected chi connectivity index (χ3v) is 2.73. The van der Waals surface area contributed by atoms with Gasteiger partial charge in [-0.05, 0) is 37.6 Å². The molecule has 15 heavy (non-hydrogen) atoms. The molecule has 1 amide bonds. The number of rotatable bonds is 3. The molecule has 0 saturated heterocycles. The van der Waals surface area contributed by atoms with Gasteiger partial charge in [0.2, 0.25) is 5.91 Å². The topological polar surface area (TPSA) is 46.3 Å². The summed E-state index contributed by atoms with van der Waals surface area (Å²) in [6.45, 7) is 4.60. The van der Waals surface area contributed by atoms with Crippen LogP contribution in [0.5, 0.6) is 0 Å². The van der Waals surface area contributed by atoms with Gasteiger partial charge in [0.25, 0.3) is 0 Å². The summed E-state index contributed by atoms with van der Waals surface area (Å²) < 4.78 is 1.01. The second-order valence-corrected chi connectivity index (χ2v) is 4.19. The van der Waals surface area contributed by atoms with E-state index in [1.54, 1.807) is 4.90 Å². The number of hydrogen-bond acceptors (Lipinski definition) is 2. The SMILES string of the molecule is CCN(C(=O)CN)c1ccc(Br)cc1C. The van der Waals surface area contributed by atoms with Gasteiger partial charge in [0.05, 0.1) is 6.54 Å². The Morgan fingerprint density at radius 2 is 2.20 bits per heavy atom. The van der Waals surface area contributed by atoms with Gasteiger partial charge in [-0.1, -0.05) is 15.9 Å². The molecule has 1 rings (SSSR count). The Labute approximate surface area is 98.4 Å². The molecule has 1 aromatic rings. The molecular weight excluding hydrogens is 256 g/mol. The first-order chi connectivity index (χ1) is 7.10. The van der Waals surface area contributed by atoms with Crippen molar-refractivity contribution in [2.24, 2.45) is 5.73 Å². The van der Waals surface area contributed by atoms with Gasteiger partial charge < -0.3 is 10.6 Å². The van der Waals surface area contributed by atoms with Crippen molar-refractivity contribution in [1.82, 2.24) is 0 Å². The highest BCUT2D eigenvalue weighted by Crippen LogP contribution is 2.23. The summed E-state index contributed by atoms with van der Waals surface area (Å²) >= 11 is 3.39. The first kappa shape index (κ1) is 12.2. The monoisotopic (exact) mass is 270 g/mol. The van der Waals surface area contributed by atoms with Crippen molar-refractivity contribution in [2.45, 2.75) is 13.8 Å². The molecule has 1 aromatic carbocycles. The Bertz CT molecular complexity index is 366. The maximum Gasteiger partial charge on any atom is 0.240 e. The van der Waals surface area contributed by atoms with E-state index >= 15 is 0 Å². The van der Waals surface area contributed by atoms with Crippen LogP contribution >= 0.6 is 15.9 Å². The quantitative estimate of drug-likeness (QED) is 0.914. The van der Waals surface area contributed by atoms with Gasteiger partial charge in [-0.2, -0.15) is 0 Å². The fourth-order valence-corrected chi connectivity index (χ4v) is 1.99. The van der Waals surface area contributed by atoms with Crippen LogP contribution in [-0.4, -0.2) is 19.0 Å². The van der Waals surface area contributed by atoms with Crippen LogP contribution in [0.4, 0.5) is 5.69 Å². The zero-order valence-corrected chi connectivity index (χ0v) is 10.5. The fraction of sp³-hybridized carbons (Fsp3) is 0.364. The molecule has 0 aromatic heterocycles. The first-order valence-electron chi connectivity index (χ1n) is 4.86. The molecule has 3 nitrogen and oxygen atoms in total. The number of carbonyl (C=O) groups is 1. The highest BCUT2D eigenvalue weighted by atomic mass is 79.9. The molecule has 0 fully saturated rings. The van der Waals surface area contributed by atoms with Gasteiger partial charge in [-0.3, -0.25) is 4.79 Å². The molecule has 82 valence electrons. The maximum atomic E-state index is 11.6. The summed E-state index contributed by atoms with van der Waals surface area (Å²) in [6, 6.07) is 5.84. The Morgan fingerprint density at radius 1 is 1.53 bits per heavy atom. The third-order valence-electron chi connectivity index (χ3n) is 2.24. The number of benzene rings is 1. The smallest absolute Gasteiger partial charge is 0.240 e. The highest BCUT2D eigenvalue weighted by Gasteiger charge is 2.13. The van der Waals surface area contributed by atoms with Crippen LogP contribution in [0.1, 0.15) is 12.5 Å². The van der Waals surface area contributed by atoms with Gasteiger partial charge >= 0.3 is 0 Å². The Morgan fingerprint density at radius 3 is 2.67 bits per heavy atom. The van der Waals surface area contributed by atoms with E-state index < -0.39 is 0 Å². The second kappa shape index (κ2) is 5.28. The molecule has 0 bridgehead atoms. The largest absolute Gasteiger partial charge is 0.322 e. The number of nitrogens with zero attached hydrogens (tertiary/aromatic N) is 1. The summed E-state index contributed by atoms with van der Waals surface area (Å²) in [6.07, 6.45) is 0. The van der Waals surface area contributed by atoms with Crippen LogP contribution in [0.15, 0.2) is 22.7 Å². The molecule has 0 aliphatic carbocycles. The minimum atomic E-state index is -0.0528. The Balaban J connectivity index is 3.07. The van der Waals surface area contributed by atoms with Gasteiger partial charge in [-0.25, -0.2) is 0 Å². The van der Waals surface area contributed by atoms with E-state index in [1.165, 1.54) is 0 Å². The van der Waals surface area contributed by atoms with Crippen LogP contribution in [0.3, 0.4) is 0 Å². The molecule has 0 unspecified atom stereocenters. The number of nitrogens with two attached hydrogens (primary N) is 1. The van der Waals surface area contributed by atoms with E-state index in [2.05, 4.69) is 15.9 Å². The second-order valence-electron chi connectivity index (χ2n) is 3.27. The average Bonchev–Trinajstić information content (AvgIpc) is 2.21. The predicted octanol–water partition coefficient (Wildman–Crippen LogP) is 2.07. The lowest BCUT2D eigenvalue weighted by Crippen LogP contribution is -2.36. The number of anilines is 1. The lowest BCUT2D eigenvalue weighted by atomic mass is 10.2. The van der Waals surface area contributed by atoms with Crippen LogP contribution in [0, 0.1) is 6.92 Å². The van der Waals surface area contributed by atoms with Crippen molar-refractivity contribution in [1.29, 1.82) is 0 Å². The maximum absolute atomic E-state index is 11.6. The van der Waals surface area contributed by atoms with E-state index in [-0.39, 0.29) is 12.5 Å². The molecule has 0 aliphatic heterocycles. The number of aryl methyl sites for hydroxylation is 1. The molecular formula is C11H15BrN2O. The van der Waals surface area contributed by atoms with E-state index in [4.69, 9.17) is 5.73 Å². The minimum Gasteiger partial charge on any atom is -0.322 e. The molecule has 4 heteroatoms. The highest BCUT2D eigenvalue weighted by molar-refractivity contribution is 9.10. The summed E-state index contributed by atoms with van der Waals surface area (Å²) in [5, 5.41) is 0. The minimum absolute atomic E-state index is 0.0450. The molecule has 0 spiro atoms. The van der Waals surface area contributed by atoms with Crippen LogP contribution in [-0.2, 0) is 4.79 Å². The van der Waals surface area contributed by atoms with Crippen molar-refractivity contribution in [3.8, 4) is 0 Å². The van der Waals surface area contributed by atoms with Crippen molar-refractivity contribution < 1.29 is 4.79 Å². The van der Waals surface area contributed by atoms with Crippen LogP contribution in [0.25, 0.3) is 0 Å². The summed E-state index contributed by atoms with van der Waals surface area (Å²) in [4.78, 5) is 13.3. The van der Waals surface area contributed by atoms with Gasteiger partial charge in [0.15, 0.2) is 0 Å². The predicted molar refractivity (Wildman–Crippen MR) is 66.0 cm³/mol. The first-order valence-corrected chi connectivity index (χ1v) is 5.66. The van der Waals surface area contributed by atoms with Crippen molar-refractivity contribution in [2.75, 3.05) is 18.0 Å². The fourth-order valence-electron chi connectivity index (χ4n) is 1.51. The molecule has 0 saturated carbocycles. The molecule has 0 aliphatic rings. The molecule has 0 heterocycles. The lowest BCUT2D eigenvalue weighted by molar-refractivity contribution is -0.117. The van der Waals surface area contributed by atoms with E-state index in [0.717, 1.165) is 15.7 Å². The van der Waals surface area contributed by atoms with E-state index in [0.29, 0.717) is 6.54 Å². The standard InChI is InChI=1S/C11H15BrN2O/c1-3-14(11(15)7-13)10-5-4-9(12)6-8(10)2/h4-6H,3,7,13H2,1-2H3. The zero-order valence-electron chi connectivity index (χ0n) is 8.96. The third kappa shape index (κ3) is 2.79. The lowest BCUT2D eigenvalue weighted by Gasteiger charge is -2.22.